The summed E-state index contributed by atoms with van der Waals surface area (Å²) in [6.45, 7) is -1.03. The number of aliphatic hydroxyl groups is 1. The van der Waals surface area contributed by atoms with Crippen molar-refractivity contribution >= 4 is 41.3 Å². The maximum absolute atomic E-state index is 11.8. The summed E-state index contributed by atoms with van der Waals surface area (Å²) in [7, 11) is -0.945. The summed E-state index contributed by atoms with van der Waals surface area (Å²) in [6.07, 6.45) is 5.45. The Bertz CT molecular complexity index is 702. The third-order valence-electron chi connectivity index (χ3n) is 3.85. The highest BCUT2D eigenvalue weighted by Crippen LogP contribution is 2.44. The van der Waals surface area contributed by atoms with E-state index in [-0.39, 0.29) is 18.6 Å². The summed E-state index contributed by atoms with van der Waals surface area (Å²) in [6, 6.07) is 2.82. The Morgan fingerprint density at radius 2 is 2.17 bits per heavy atom. The van der Waals surface area contributed by atoms with Crippen LogP contribution in [0.4, 0.5) is 0 Å². The molecule has 2 heterocycles. The molecule has 3 atom stereocenters. The van der Waals surface area contributed by atoms with Gasteiger partial charge >= 0.3 is 19.8 Å². The summed E-state index contributed by atoms with van der Waals surface area (Å²) in [5.74, 6) is -0.354. The number of esters is 1. The first-order valence-corrected chi connectivity index (χ1v) is 13.0. The van der Waals surface area contributed by atoms with Crippen molar-refractivity contribution in [3.8, 4) is 0 Å². The average molecular weight is 465 g/mol. The first kappa shape index (κ1) is 24.2. The minimum atomic E-state index is -4.73. The van der Waals surface area contributed by atoms with Crippen LogP contribution in [0, 0.1) is 0 Å². The van der Waals surface area contributed by atoms with E-state index >= 15 is 0 Å². The molecule has 1 saturated heterocycles. The molecule has 1 aliphatic rings. The number of aliphatic hydroxyl groups excluding tert-OH is 1. The number of phosphoric ester groups is 1. The van der Waals surface area contributed by atoms with Crippen molar-refractivity contribution in [1.29, 1.82) is 0 Å². The second kappa shape index (κ2) is 12.6. The summed E-state index contributed by atoms with van der Waals surface area (Å²) in [4.78, 5) is 36.7. The van der Waals surface area contributed by atoms with Gasteiger partial charge in [-0.15, -0.1) is 0 Å². The molecule has 1 fully saturated rings. The highest BCUT2D eigenvalue weighted by molar-refractivity contribution is 8.77. The molecule has 12 heteroatoms. The highest BCUT2D eigenvalue weighted by Gasteiger charge is 2.28. The molecule has 162 valence electrons. The minimum Gasteiger partial charge on any atom is -0.463 e. The lowest BCUT2D eigenvalue weighted by Crippen LogP contribution is -2.23. The molecule has 1 aromatic heterocycles. The number of unbranched alkanes of at least 4 members (excludes halogenated alkanes) is 1. The van der Waals surface area contributed by atoms with Gasteiger partial charge in [-0.1, -0.05) is 28.0 Å². The third kappa shape index (κ3) is 9.97. The highest BCUT2D eigenvalue weighted by atomic mass is 33.1. The summed E-state index contributed by atoms with van der Waals surface area (Å²) < 4.78 is 25.7. The lowest BCUT2D eigenvalue weighted by Gasteiger charge is -2.15. The van der Waals surface area contributed by atoms with Crippen LogP contribution in [0.1, 0.15) is 42.5 Å². The number of hydrogen-bond acceptors (Lipinski definition) is 10. The minimum absolute atomic E-state index is 0.0230. The largest absolute Gasteiger partial charge is 0.529 e. The monoisotopic (exact) mass is 465 g/mol. The quantitative estimate of drug-likeness (QED) is 0.204. The number of hydrogen-bond donors (Lipinski definition) is 2. The number of carbonyl (C=O) groups is 2. The van der Waals surface area contributed by atoms with Crippen molar-refractivity contribution in [1.82, 2.24) is 4.98 Å². The van der Waals surface area contributed by atoms with Crippen LogP contribution in [0.15, 0.2) is 24.5 Å². The van der Waals surface area contributed by atoms with Crippen LogP contribution in [0.25, 0.3) is 0 Å². The standard InChI is InChI=1S/C17H24NO8PS2/c19-14(11-24-16(20)6-2-1-5-15-7-9-28-29-15)12-25-27(22,23)26-17(21)13-4-3-8-18-10-13/h3-4,8,10,14-15,19H,1-2,5-7,9,11-12H2,(H,22,23)/t14-,15-/m1/s1. The van der Waals surface area contributed by atoms with Gasteiger partial charge in [0.2, 0.25) is 0 Å². The molecule has 0 saturated carbocycles. The van der Waals surface area contributed by atoms with Gasteiger partial charge in [-0.2, -0.15) is 0 Å². The van der Waals surface area contributed by atoms with E-state index in [0.29, 0.717) is 11.7 Å². The van der Waals surface area contributed by atoms with E-state index in [4.69, 9.17) is 4.74 Å². The van der Waals surface area contributed by atoms with Crippen LogP contribution in [-0.4, -0.2) is 57.2 Å². The van der Waals surface area contributed by atoms with Gasteiger partial charge in [0.25, 0.3) is 0 Å². The van der Waals surface area contributed by atoms with E-state index in [0.717, 1.165) is 12.8 Å². The number of aromatic nitrogens is 1. The van der Waals surface area contributed by atoms with Crippen LogP contribution in [0.5, 0.6) is 0 Å². The fourth-order valence-corrected chi connectivity index (χ4v) is 6.12. The molecule has 9 nitrogen and oxygen atoms in total. The van der Waals surface area contributed by atoms with E-state index in [1.165, 1.54) is 36.7 Å². The van der Waals surface area contributed by atoms with E-state index in [1.54, 1.807) is 0 Å². The van der Waals surface area contributed by atoms with Gasteiger partial charge in [0.1, 0.15) is 12.7 Å². The van der Waals surface area contributed by atoms with E-state index in [9.17, 15) is 24.2 Å². The van der Waals surface area contributed by atoms with E-state index < -0.39 is 32.5 Å². The van der Waals surface area contributed by atoms with Crippen molar-refractivity contribution in [2.75, 3.05) is 19.0 Å². The van der Waals surface area contributed by atoms with Crippen molar-refractivity contribution in [2.24, 2.45) is 0 Å². The Labute approximate surface area is 176 Å². The number of pyridine rings is 1. The zero-order valence-corrected chi connectivity index (χ0v) is 18.2. The molecule has 0 aromatic carbocycles. The molecule has 1 unspecified atom stereocenters. The Hall–Kier alpha value is -1.10. The van der Waals surface area contributed by atoms with E-state index in [2.05, 4.69) is 14.0 Å². The van der Waals surface area contributed by atoms with Crippen molar-refractivity contribution < 1.29 is 37.9 Å². The predicted molar refractivity (Wildman–Crippen MR) is 109 cm³/mol. The smallest absolute Gasteiger partial charge is 0.463 e. The maximum Gasteiger partial charge on any atom is 0.529 e. The molecule has 0 amide bonds. The Morgan fingerprint density at radius 3 is 2.86 bits per heavy atom. The number of carbonyl (C=O) groups excluding carboxylic acids is 2. The number of phosphoric acid groups is 1. The van der Waals surface area contributed by atoms with Crippen LogP contribution in [-0.2, 0) is 23.1 Å². The molecule has 0 spiro atoms. The lowest BCUT2D eigenvalue weighted by molar-refractivity contribution is -0.147. The zero-order chi connectivity index (χ0) is 21.1. The predicted octanol–water partition coefficient (Wildman–Crippen LogP) is 2.97. The number of nitrogens with zero attached hydrogens (tertiary/aromatic N) is 1. The third-order valence-corrected chi connectivity index (χ3v) is 7.73. The van der Waals surface area contributed by atoms with Crippen molar-refractivity contribution in [3.63, 3.8) is 0 Å². The molecular weight excluding hydrogens is 441 g/mol. The number of ether oxygens (including phenoxy) is 1. The van der Waals surface area contributed by atoms with Gasteiger partial charge in [0.15, 0.2) is 0 Å². The molecule has 2 rings (SSSR count). The molecule has 0 bridgehead atoms. The SMILES string of the molecule is O=C(CCCC[C@@H]1CCSS1)OC[C@@H](O)COP(=O)(O)OC(=O)c1cccnc1. The Morgan fingerprint density at radius 1 is 1.34 bits per heavy atom. The van der Waals surface area contributed by atoms with Gasteiger partial charge in [-0.05, 0) is 31.4 Å². The van der Waals surface area contributed by atoms with Crippen molar-refractivity contribution in [2.45, 2.75) is 43.5 Å². The summed E-state index contributed by atoms with van der Waals surface area (Å²) in [5.41, 5.74) is -0.0230. The average Bonchev–Trinajstić information content (AvgIpc) is 3.22. The molecule has 0 aliphatic carbocycles. The molecular formula is C17H24NO8PS2. The van der Waals surface area contributed by atoms with Crippen LogP contribution in [0.2, 0.25) is 0 Å². The summed E-state index contributed by atoms with van der Waals surface area (Å²) >= 11 is 0. The van der Waals surface area contributed by atoms with Crippen molar-refractivity contribution in [3.05, 3.63) is 30.1 Å². The Balaban J connectivity index is 1.57. The van der Waals surface area contributed by atoms with Gasteiger partial charge in [0, 0.05) is 29.8 Å². The van der Waals surface area contributed by atoms with Gasteiger partial charge < -0.3 is 14.4 Å². The normalized spacial score (nSPS) is 19.3. The topological polar surface area (TPSA) is 132 Å². The first-order valence-electron chi connectivity index (χ1n) is 9.09. The summed E-state index contributed by atoms with van der Waals surface area (Å²) in [5, 5.41) is 10.4. The fraction of sp³-hybridized carbons (Fsp3) is 0.588. The van der Waals surface area contributed by atoms with Crippen LogP contribution >= 0.6 is 29.4 Å². The molecule has 1 aliphatic heterocycles. The maximum atomic E-state index is 11.8. The second-order valence-corrected chi connectivity index (χ2v) is 10.5. The van der Waals surface area contributed by atoms with Gasteiger partial charge in [-0.25, -0.2) is 9.36 Å². The number of rotatable bonds is 12. The lowest BCUT2D eigenvalue weighted by atomic mass is 10.1. The fourth-order valence-electron chi connectivity index (χ4n) is 2.36. The Kier molecular flexibility index (Phi) is 10.5. The molecule has 2 N–H and O–H groups in total. The van der Waals surface area contributed by atoms with Crippen LogP contribution in [0.3, 0.4) is 0 Å². The van der Waals surface area contributed by atoms with Crippen LogP contribution < -0.4 is 0 Å². The second-order valence-electron chi connectivity index (χ2n) is 6.30. The molecule has 0 radical (unpaired) electrons. The van der Waals surface area contributed by atoms with E-state index in [1.807, 2.05) is 21.6 Å². The van der Waals surface area contributed by atoms with Gasteiger partial charge in [0.05, 0.1) is 12.2 Å². The first-order chi connectivity index (χ1) is 13.9. The molecule has 29 heavy (non-hydrogen) atoms. The molecule has 1 aromatic rings. The zero-order valence-electron chi connectivity index (χ0n) is 15.7. The van der Waals surface area contributed by atoms with Gasteiger partial charge in [-0.3, -0.25) is 19.2 Å².